The Morgan fingerprint density at radius 2 is 1.81 bits per heavy atom. The third kappa shape index (κ3) is 2.62. The zero-order valence-electron chi connectivity index (χ0n) is 17.8. The van der Waals surface area contributed by atoms with Crippen LogP contribution >= 0.6 is 0 Å². The first-order valence-electron chi connectivity index (χ1n) is 10.9. The van der Waals surface area contributed by atoms with Crippen LogP contribution in [0.1, 0.15) is 31.4 Å². The van der Waals surface area contributed by atoms with Crippen LogP contribution in [0.4, 0.5) is 5.69 Å². The Balaban J connectivity index is 1.63. The average Bonchev–Trinajstić information content (AvgIpc) is 3.35. The highest BCUT2D eigenvalue weighted by molar-refractivity contribution is 6.15. The van der Waals surface area contributed by atoms with E-state index in [1.165, 1.54) is 17.0 Å². The van der Waals surface area contributed by atoms with E-state index in [1.54, 1.807) is 12.1 Å². The molecule has 5 rings (SSSR count). The van der Waals surface area contributed by atoms with E-state index < -0.39 is 23.4 Å². The van der Waals surface area contributed by atoms with E-state index in [2.05, 4.69) is 10.6 Å². The summed E-state index contributed by atoms with van der Waals surface area (Å²) in [5.74, 6) is -3.01. The van der Waals surface area contributed by atoms with Gasteiger partial charge in [-0.2, -0.15) is 0 Å². The van der Waals surface area contributed by atoms with Gasteiger partial charge in [0.25, 0.3) is 0 Å². The van der Waals surface area contributed by atoms with Crippen molar-refractivity contribution in [2.24, 2.45) is 11.8 Å². The van der Waals surface area contributed by atoms with Gasteiger partial charge >= 0.3 is 0 Å². The number of nitrogens with zero attached hydrogens (tertiary/aromatic N) is 1. The lowest BCUT2D eigenvalue weighted by atomic mass is 9.76. The van der Waals surface area contributed by atoms with Gasteiger partial charge in [-0.1, -0.05) is 31.2 Å². The molecule has 166 valence electrons. The van der Waals surface area contributed by atoms with Crippen LogP contribution in [0.3, 0.4) is 0 Å². The number of rotatable bonds is 4. The highest BCUT2D eigenvalue weighted by Crippen LogP contribution is 2.53. The monoisotopic (exact) mass is 435 g/mol. The number of imide groups is 1. The van der Waals surface area contributed by atoms with E-state index >= 15 is 0 Å². The molecule has 3 heterocycles. The topological polar surface area (TPSA) is 119 Å². The number of para-hydroxylation sites is 1. The number of fused-ring (bicyclic) bond motifs is 4. The summed E-state index contributed by atoms with van der Waals surface area (Å²) in [6, 6.07) is 10.9. The predicted molar refractivity (Wildman–Crippen MR) is 116 cm³/mol. The molecule has 0 aliphatic carbocycles. The van der Waals surface area contributed by atoms with E-state index in [4.69, 9.17) is 0 Å². The minimum Gasteiger partial charge on any atom is -0.504 e. The van der Waals surface area contributed by atoms with Gasteiger partial charge < -0.3 is 15.5 Å². The summed E-state index contributed by atoms with van der Waals surface area (Å²) in [6.07, 6.45) is 0.927. The minimum atomic E-state index is -1.33. The molecule has 4 N–H and O–H groups in total. The average molecular weight is 435 g/mol. The third-order valence-electron chi connectivity index (χ3n) is 7.18. The van der Waals surface area contributed by atoms with Crippen LogP contribution in [-0.4, -0.2) is 44.9 Å². The standard InChI is InChI=1S/C24H25N3O5/c1-3-12(2)27-21(30)19-16(10-13-8-9-17(28)18(29)11-13)26-24(20(19)22(27)31)14-6-4-5-7-15(14)25-23(24)32/h4-9,11-12,16,19-20,26,28-29H,3,10H2,1-2H3,(H,25,32)/t12-,16-,19-,20+,24-/m1/s1. The molecule has 0 radical (unpaired) electrons. The third-order valence-corrected chi connectivity index (χ3v) is 7.18. The van der Waals surface area contributed by atoms with Crippen molar-refractivity contribution in [1.82, 2.24) is 10.2 Å². The van der Waals surface area contributed by atoms with Crippen molar-refractivity contribution in [3.63, 3.8) is 0 Å². The molecule has 0 unspecified atom stereocenters. The summed E-state index contributed by atoms with van der Waals surface area (Å²) < 4.78 is 0. The van der Waals surface area contributed by atoms with Gasteiger partial charge in [-0.3, -0.25) is 24.6 Å². The number of anilines is 1. The molecule has 0 aromatic heterocycles. The number of aromatic hydroxyl groups is 2. The molecular formula is C24H25N3O5. The minimum absolute atomic E-state index is 0.235. The van der Waals surface area contributed by atoms with Crippen LogP contribution in [0.2, 0.25) is 0 Å². The Morgan fingerprint density at radius 1 is 1.06 bits per heavy atom. The SMILES string of the molecule is CC[C@@H](C)N1C(=O)[C@H]2[C@@H](C1=O)[C@@]1(N[C@@H]2Cc2ccc(O)c(O)c2)C(=O)Nc2ccccc21. The normalized spacial score (nSPS) is 29.4. The number of phenols is 2. The highest BCUT2D eigenvalue weighted by Gasteiger charge is 2.70. The van der Waals surface area contributed by atoms with Crippen molar-refractivity contribution in [3.05, 3.63) is 53.6 Å². The van der Waals surface area contributed by atoms with Crippen molar-refractivity contribution >= 4 is 23.4 Å². The molecule has 0 bridgehead atoms. The van der Waals surface area contributed by atoms with E-state index in [0.717, 1.165) is 0 Å². The molecule has 2 aromatic rings. The Kier molecular flexibility index (Phi) is 4.53. The van der Waals surface area contributed by atoms with Gasteiger partial charge in [-0.25, -0.2) is 0 Å². The highest BCUT2D eigenvalue weighted by atomic mass is 16.3. The number of hydrogen-bond donors (Lipinski definition) is 4. The molecule has 2 fully saturated rings. The Bertz CT molecular complexity index is 1150. The summed E-state index contributed by atoms with van der Waals surface area (Å²) >= 11 is 0. The maximum Gasteiger partial charge on any atom is 0.250 e. The molecular weight excluding hydrogens is 410 g/mol. The van der Waals surface area contributed by atoms with E-state index in [9.17, 15) is 24.6 Å². The number of hydrogen-bond acceptors (Lipinski definition) is 6. The fraction of sp³-hybridized carbons (Fsp3) is 0.375. The van der Waals surface area contributed by atoms with Gasteiger partial charge in [0, 0.05) is 23.3 Å². The number of likely N-dealkylation sites (tertiary alicyclic amines) is 1. The van der Waals surface area contributed by atoms with Crippen molar-refractivity contribution < 1.29 is 24.6 Å². The Hall–Kier alpha value is -3.39. The summed E-state index contributed by atoms with van der Waals surface area (Å²) in [5, 5.41) is 25.8. The predicted octanol–water partition coefficient (Wildman–Crippen LogP) is 1.86. The van der Waals surface area contributed by atoms with Crippen molar-refractivity contribution in [2.45, 2.75) is 44.3 Å². The van der Waals surface area contributed by atoms with Gasteiger partial charge in [0.15, 0.2) is 11.5 Å². The number of amides is 3. The van der Waals surface area contributed by atoms with Crippen LogP contribution in [0.5, 0.6) is 11.5 Å². The lowest BCUT2D eigenvalue weighted by molar-refractivity contribution is -0.145. The number of nitrogens with one attached hydrogen (secondary N) is 2. The van der Waals surface area contributed by atoms with Crippen molar-refractivity contribution in [1.29, 1.82) is 0 Å². The van der Waals surface area contributed by atoms with Crippen molar-refractivity contribution in [3.8, 4) is 11.5 Å². The zero-order chi connectivity index (χ0) is 22.8. The second kappa shape index (κ2) is 7.06. The molecule has 8 heteroatoms. The second-order valence-electron chi connectivity index (χ2n) is 8.89. The summed E-state index contributed by atoms with van der Waals surface area (Å²) in [4.78, 5) is 41.8. The quantitative estimate of drug-likeness (QED) is 0.430. The molecule has 32 heavy (non-hydrogen) atoms. The summed E-state index contributed by atoms with van der Waals surface area (Å²) in [7, 11) is 0. The van der Waals surface area contributed by atoms with Gasteiger partial charge in [-0.15, -0.1) is 0 Å². The fourth-order valence-electron chi connectivity index (χ4n) is 5.52. The molecule has 0 saturated carbocycles. The number of carbonyl (C=O) groups excluding carboxylic acids is 3. The number of phenolic OH excluding ortho intramolecular Hbond substituents is 2. The molecule has 1 spiro atoms. The molecule has 3 amide bonds. The van der Waals surface area contributed by atoms with E-state index in [-0.39, 0.29) is 35.3 Å². The summed E-state index contributed by atoms with van der Waals surface area (Å²) in [6.45, 7) is 3.76. The Morgan fingerprint density at radius 3 is 2.53 bits per heavy atom. The fourth-order valence-corrected chi connectivity index (χ4v) is 5.52. The second-order valence-corrected chi connectivity index (χ2v) is 8.89. The molecule has 3 aliphatic heterocycles. The zero-order valence-corrected chi connectivity index (χ0v) is 17.8. The first-order chi connectivity index (χ1) is 15.3. The summed E-state index contributed by atoms with van der Waals surface area (Å²) in [5.41, 5.74) is 0.652. The van der Waals surface area contributed by atoms with Crippen LogP contribution in [0.15, 0.2) is 42.5 Å². The largest absolute Gasteiger partial charge is 0.504 e. The first-order valence-corrected chi connectivity index (χ1v) is 10.9. The van der Waals surface area contributed by atoms with Crippen LogP contribution in [-0.2, 0) is 26.3 Å². The van der Waals surface area contributed by atoms with Crippen molar-refractivity contribution in [2.75, 3.05) is 5.32 Å². The van der Waals surface area contributed by atoms with E-state index in [1.807, 2.05) is 32.0 Å². The molecule has 2 aromatic carbocycles. The lowest BCUT2D eigenvalue weighted by Crippen LogP contribution is -2.54. The van der Waals surface area contributed by atoms with Crippen LogP contribution in [0, 0.1) is 11.8 Å². The number of benzene rings is 2. The van der Waals surface area contributed by atoms with Gasteiger partial charge in [0.1, 0.15) is 5.54 Å². The maximum absolute atomic E-state index is 13.6. The number of carbonyl (C=O) groups is 3. The lowest BCUT2D eigenvalue weighted by Gasteiger charge is -2.31. The molecule has 2 saturated heterocycles. The molecule has 3 aliphatic rings. The molecule has 8 nitrogen and oxygen atoms in total. The van der Waals surface area contributed by atoms with E-state index in [0.29, 0.717) is 29.7 Å². The van der Waals surface area contributed by atoms with Crippen LogP contribution < -0.4 is 10.6 Å². The maximum atomic E-state index is 13.6. The Labute approximate surface area is 185 Å². The van der Waals surface area contributed by atoms with Gasteiger partial charge in [0.2, 0.25) is 17.7 Å². The van der Waals surface area contributed by atoms with Crippen LogP contribution in [0.25, 0.3) is 0 Å². The van der Waals surface area contributed by atoms with Gasteiger partial charge in [0.05, 0.1) is 11.8 Å². The molecule has 5 atom stereocenters. The smallest absolute Gasteiger partial charge is 0.250 e. The first kappa shape index (κ1) is 20.5. The van der Waals surface area contributed by atoms with Gasteiger partial charge in [-0.05, 0) is 43.5 Å².